The maximum absolute atomic E-state index is 11.4. The van der Waals surface area contributed by atoms with Gasteiger partial charge in [-0.2, -0.15) is 0 Å². The Labute approximate surface area is 92.4 Å². The van der Waals surface area contributed by atoms with Crippen LogP contribution in [0.3, 0.4) is 0 Å². The van der Waals surface area contributed by atoms with Crippen LogP contribution in [0.25, 0.3) is 11.0 Å². The van der Waals surface area contributed by atoms with E-state index in [0.29, 0.717) is 22.6 Å². The maximum Gasteiger partial charge on any atom is 0.339 e. The molecule has 84 valence electrons. The highest BCUT2D eigenvalue weighted by molar-refractivity contribution is 5.85. The molecule has 0 bridgehead atoms. The second-order valence-electron chi connectivity index (χ2n) is 3.46. The second-order valence-corrected chi connectivity index (χ2v) is 3.46. The van der Waals surface area contributed by atoms with Crippen molar-refractivity contribution < 1.29 is 13.9 Å². The minimum absolute atomic E-state index is 0.345. The minimum atomic E-state index is -0.345. The molecule has 1 aromatic heterocycles. The Morgan fingerprint density at radius 2 is 1.88 bits per heavy atom. The molecule has 2 aromatic rings. The van der Waals surface area contributed by atoms with Crippen LogP contribution in [0.2, 0.25) is 0 Å². The van der Waals surface area contributed by atoms with Gasteiger partial charge in [-0.3, -0.25) is 0 Å². The third-order valence-corrected chi connectivity index (χ3v) is 2.42. The molecule has 0 N–H and O–H groups in total. The maximum atomic E-state index is 11.4. The van der Waals surface area contributed by atoms with E-state index < -0.39 is 0 Å². The van der Waals surface area contributed by atoms with Crippen molar-refractivity contribution in [2.75, 3.05) is 14.2 Å². The molecule has 0 fully saturated rings. The molecule has 0 saturated heterocycles. The Bertz CT molecular complexity index is 583. The van der Waals surface area contributed by atoms with Crippen LogP contribution in [0.15, 0.2) is 27.4 Å². The van der Waals surface area contributed by atoms with E-state index >= 15 is 0 Å². The standard InChI is InChI=1S/C12H12O4/c1-7-4-9-10(15-3)5-8(14-2)6-11(9)16-12(7)13/h4-6H,1-3H3. The quantitative estimate of drug-likeness (QED) is 0.727. The molecular weight excluding hydrogens is 208 g/mol. The van der Waals surface area contributed by atoms with Crippen LogP contribution in [0.5, 0.6) is 11.5 Å². The first-order chi connectivity index (χ1) is 7.65. The summed E-state index contributed by atoms with van der Waals surface area (Å²) in [6.45, 7) is 1.70. The number of hydrogen-bond acceptors (Lipinski definition) is 4. The first-order valence-electron chi connectivity index (χ1n) is 4.82. The van der Waals surface area contributed by atoms with Gasteiger partial charge in [0.25, 0.3) is 0 Å². The predicted octanol–water partition coefficient (Wildman–Crippen LogP) is 2.12. The fourth-order valence-electron chi connectivity index (χ4n) is 1.55. The lowest BCUT2D eigenvalue weighted by Gasteiger charge is -2.07. The van der Waals surface area contributed by atoms with Gasteiger partial charge in [0.05, 0.1) is 19.6 Å². The normalized spacial score (nSPS) is 10.4. The fraction of sp³-hybridized carbons (Fsp3) is 0.250. The van der Waals surface area contributed by atoms with Crippen LogP contribution in [-0.4, -0.2) is 14.2 Å². The molecule has 1 heterocycles. The molecular formula is C12H12O4. The molecule has 2 rings (SSSR count). The SMILES string of the molecule is COc1cc(OC)c2cc(C)c(=O)oc2c1. The van der Waals surface area contributed by atoms with Crippen LogP contribution in [-0.2, 0) is 0 Å². The molecule has 16 heavy (non-hydrogen) atoms. The summed E-state index contributed by atoms with van der Waals surface area (Å²) >= 11 is 0. The van der Waals surface area contributed by atoms with Crippen molar-refractivity contribution >= 4 is 11.0 Å². The van der Waals surface area contributed by atoms with Gasteiger partial charge in [-0.15, -0.1) is 0 Å². The first-order valence-corrected chi connectivity index (χ1v) is 4.82. The number of ether oxygens (including phenoxy) is 2. The smallest absolute Gasteiger partial charge is 0.339 e. The van der Waals surface area contributed by atoms with Crippen LogP contribution in [0.1, 0.15) is 5.56 Å². The Morgan fingerprint density at radius 3 is 2.50 bits per heavy atom. The van der Waals surface area contributed by atoms with Gasteiger partial charge in [0.15, 0.2) is 0 Å². The van der Waals surface area contributed by atoms with Gasteiger partial charge < -0.3 is 13.9 Å². The van der Waals surface area contributed by atoms with Crippen molar-refractivity contribution in [2.24, 2.45) is 0 Å². The topological polar surface area (TPSA) is 48.7 Å². The molecule has 0 atom stereocenters. The average molecular weight is 220 g/mol. The Hall–Kier alpha value is -1.97. The van der Waals surface area contributed by atoms with Crippen molar-refractivity contribution in [1.82, 2.24) is 0 Å². The van der Waals surface area contributed by atoms with E-state index in [1.54, 1.807) is 39.3 Å². The van der Waals surface area contributed by atoms with Crippen molar-refractivity contribution in [3.63, 3.8) is 0 Å². The van der Waals surface area contributed by atoms with Gasteiger partial charge in [0.1, 0.15) is 17.1 Å². The van der Waals surface area contributed by atoms with Gasteiger partial charge in [0.2, 0.25) is 0 Å². The third-order valence-electron chi connectivity index (χ3n) is 2.42. The van der Waals surface area contributed by atoms with E-state index in [4.69, 9.17) is 13.9 Å². The highest BCUT2D eigenvalue weighted by Crippen LogP contribution is 2.30. The largest absolute Gasteiger partial charge is 0.496 e. The molecule has 0 unspecified atom stereocenters. The first kappa shape index (κ1) is 10.5. The zero-order valence-corrected chi connectivity index (χ0v) is 9.37. The highest BCUT2D eigenvalue weighted by Gasteiger charge is 2.09. The molecule has 4 nitrogen and oxygen atoms in total. The lowest BCUT2D eigenvalue weighted by molar-refractivity contribution is 0.396. The van der Waals surface area contributed by atoms with Crippen LogP contribution in [0, 0.1) is 6.92 Å². The lowest BCUT2D eigenvalue weighted by Crippen LogP contribution is -2.02. The number of methoxy groups -OCH3 is 2. The molecule has 1 aromatic carbocycles. The number of aryl methyl sites for hydroxylation is 1. The van der Waals surface area contributed by atoms with E-state index in [2.05, 4.69) is 0 Å². The van der Waals surface area contributed by atoms with Crippen molar-refractivity contribution in [2.45, 2.75) is 6.92 Å². The summed E-state index contributed by atoms with van der Waals surface area (Å²) in [5, 5.41) is 0.764. The van der Waals surface area contributed by atoms with E-state index in [1.807, 2.05) is 0 Å². The third kappa shape index (κ3) is 1.62. The van der Waals surface area contributed by atoms with Crippen LogP contribution < -0.4 is 15.1 Å². The van der Waals surface area contributed by atoms with E-state index in [1.165, 1.54) is 0 Å². The predicted molar refractivity (Wildman–Crippen MR) is 60.3 cm³/mol. The number of rotatable bonds is 2. The Kier molecular flexibility index (Phi) is 2.56. The molecule has 0 aliphatic rings. The zero-order valence-electron chi connectivity index (χ0n) is 9.37. The molecule has 4 heteroatoms. The van der Waals surface area contributed by atoms with E-state index in [9.17, 15) is 4.79 Å². The fourth-order valence-corrected chi connectivity index (χ4v) is 1.55. The summed E-state index contributed by atoms with van der Waals surface area (Å²) < 4.78 is 15.5. The van der Waals surface area contributed by atoms with Gasteiger partial charge in [0, 0.05) is 17.7 Å². The summed E-state index contributed by atoms with van der Waals surface area (Å²) in [5.74, 6) is 1.22. The average Bonchev–Trinajstić information content (AvgIpc) is 2.29. The van der Waals surface area contributed by atoms with Crippen molar-refractivity contribution in [3.05, 3.63) is 34.2 Å². The van der Waals surface area contributed by atoms with Crippen LogP contribution in [0.4, 0.5) is 0 Å². The molecule has 0 radical (unpaired) electrons. The summed E-state index contributed by atoms with van der Waals surface area (Å²) in [6.07, 6.45) is 0. The molecule has 0 spiro atoms. The highest BCUT2D eigenvalue weighted by atomic mass is 16.5. The van der Waals surface area contributed by atoms with Gasteiger partial charge >= 0.3 is 5.63 Å². The minimum Gasteiger partial charge on any atom is -0.496 e. The molecule has 0 aliphatic heterocycles. The van der Waals surface area contributed by atoms with E-state index in [0.717, 1.165) is 5.39 Å². The summed E-state index contributed by atoms with van der Waals surface area (Å²) in [6, 6.07) is 5.17. The summed E-state index contributed by atoms with van der Waals surface area (Å²) in [5.41, 5.74) is 0.672. The number of hydrogen-bond donors (Lipinski definition) is 0. The number of benzene rings is 1. The van der Waals surface area contributed by atoms with Gasteiger partial charge in [-0.1, -0.05) is 0 Å². The van der Waals surface area contributed by atoms with Crippen molar-refractivity contribution in [1.29, 1.82) is 0 Å². The van der Waals surface area contributed by atoms with Crippen molar-refractivity contribution in [3.8, 4) is 11.5 Å². The van der Waals surface area contributed by atoms with Gasteiger partial charge in [-0.25, -0.2) is 4.79 Å². The van der Waals surface area contributed by atoms with E-state index in [-0.39, 0.29) is 5.63 Å². The Morgan fingerprint density at radius 1 is 1.12 bits per heavy atom. The summed E-state index contributed by atoms with van der Waals surface area (Å²) in [4.78, 5) is 11.4. The summed E-state index contributed by atoms with van der Waals surface area (Å²) in [7, 11) is 3.11. The van der Waals surface area contributed by atoms with Crippen LogP contribution >= 0.6 is 0 Å². The zero-order chi connectivity index (χ0) is 11.7. The number of fused-ring (bicyclic) bond motifs is 1. The molecule has 0 saturated carbocycles. The van der Waals surface area contributed by atoms with Gasteiger partial charge in [-0.05, 0) is 13.0 Å². The molecule has 0 aliphatic carbocycles. The second kappa shape index (κ2) is 3.89. The monoisotopic (exact) mass is 220 g/mol. The lowest BCUT2D eigenvalue weighted by atomic mass is 10.1. The molecule has 0 amide bonds. The Balaban J connectivity index is 2.84.